The van der Waals surface area contributed by atoms with E-state index in [1.165, 1.54) is 0 Å². The Kier molecular flexibility index (Phi) is 2.26. The van der Waals surface area contributed by atoms with E-state index in [9.17, 15) is 4.79 Å². The summed E-state index contributed by atoms with van der Waals surface area (Å²) in [5.74, 6) is -0.479. The lowest BCUT2D eigenvalue weighted by Gasteiger charge is -2.23. The van der Waals surface area contributed by atoms with Gasteiger partial charge in [-0.1, -0.05) is 0 Å². The van der Waals surface area contributed by atoms with E-state index < -0.39 is 0 Å². The first-order valence-corrected chi connectivity index (χ1v) is 4.55. The Labute approximate surface area is 82.1 Å². The molecule has 0 aromatic heterocycles. The number of nitrogens with two attached hydrogens (primary N) is 1. The molecule has 0 saturated carbocycles. The molecule has 14 heavy (non-hydrogen) atoms. The number of nitrogens with one attached hydrogen (secondary N) is 1. The van der Waals surface area contributed by atoms with E-state index in [1.54, 1.807) is 18.6 Å². The standard InChI is InChI=1S/C10H12N2O2/c11-10(13)8-1-4-12-9-3-6-14-5-2-7(8)9/h2-3,5-6,8,12H,1,4H2,(H2,11,13). The maximum absolute atomic E-state index is 11.2. The Bertz CT molecular complexity index is 342. The van der Waals surface area contributed by atoms with Crippen LogP contribution in [0.5, 0.6) is 0 Å². The van der Waals surface area contributed by atoms with Crippen LogP contribution in [0.1, 0.15) is 6.42 Å². The molecule has 0 fully saturated rings. The summed E-state index contributed by atoms with van der Waals surface area (Å²) in [6.45, 7) is 0.768. The van der Waals surface area contributed by atoms with Gasteiger partial charge in [-0.05, 0) is 24.1 Å². The SMILES string of the molecule is NC(=O)C1CCNC2=C1C=COC=C2. The third kappa shape index (κ3) is 1.51. The molecular weight excluding hydrogens is 180 g/mol. The monoisotopic (exact) mass is 192 g/mol. The van der Waals surface area contributed by atoms with E-state index in [0.717, 1.165) is 24.2 Å². The fourth-order valence-electron chi connectivity index (χ4n) is 1.72. The van der Waals surface area contributed by atoms with Crippen LogP contribution in [0.25, 0.3) is 0 Å². The van der Waals surface area contributed by atoms with Gasteiger partial charge in [-0.15, -0.1) is 0 Å². The average molecular weight is 192 g/mol. The fourth-order valence-corrected chi connectivity index (χ4v) is 1.72. The van der Waals surface area contributed by atoms with Crippen LogP contribution in [0.4, 0.5) is 0 Å². The van der Waals surface area contributed by atoms with Crippen molar-refractivity contribution < 1.29 is 9.53 Å². The highest BCUT2D eigenvalue weighted by Crippen LogP contribution is 2.25. The van der Waals surface area contributed by atoms with Crippen molar-refractivity contribution in [2.75, 3.05) is 6.54 Å². The lowest BCUT2D eigenvalue weighted by molar-refractivity contribution is -0.120. The molecular formula is C10H12N2O2. The summed E-state index contributed by atoms with van der Waals surface area (Å²) in [7, 11) is 0. The average Bonchev–Trinajstić information content (AvgIpc) is 2.41. The maximum atomic E-state index is 11.2. The van der Waals surface area contributed by atoms with Crippen LogP contribution in [0.15, 0.2) is 35.9 Å². The van der Waals surface area contributed by atoms with Gasteiger partial charge in [-0.3, -0.25) is 4.79 Å². The van der Waals surface area contributed by atoms with Crippen molar-refractivity contribution in [3.8, 4) is 0 Å². The van der Waals surface area contributed by atoms with Crippen molar-refractivity contribution >= 4 is 5.91 Å². The number of carbonyl (C=O) groups is 1. The van der Waals surface area contributed by atoms with Crippen LogP contribution < -0.4 is 11.1 Å². The van der Waals surface area contributed by atoms with Gasteiger partial charge < -0.3 is 15.8 Å². The number of hydrogen-bond donors (Lipinski definition) is 2. The van der Waals surface area contributed by atoms with Crippen molar-refractivity contribution in [1.29, 1.82) is 0 Å². The number of hydrogen-bond acceptors (Lipinski definition) is 3. The molecule has 0 aromatic carbocycles. The second-order valence-electron chi connectivity index (χ2n) is 3.28. The Morgan fingerprint density at radius 1 is 1.50 bits per heavy atom. The largest absolute Gasteiger partial charge is 0.473 e. The first-order valence-electron chi connectivity index (χ1n) is 4.55. The predicted octanol–water partition coefficient (Wildman–Crippen LogP) is 0.393. The van der Waals surface area contributed by atoms with Gasteiger partial charge in [-0.2, -0.15) is 0 Å². The molecule has 0 aliphatic carbocycles. The molecule has 2 rings (SSSR count). The van der Waals surface area contributed by atoms with E-state index in [1.807, 2.05) is 6.08 Å². The minimum atomic E-state index is -0.279. The topological polar surface area (TPSA) is 64.4 Å². The summed E-state index contributed by atoms with van der Waals surface area (Å²) in [6, 6.07) is 0. The van der Waals surface area contributed by atoms with E-state index in [-0.39, 0.29) is 11.8 Å². The summed E-state index contributed by atoms with van der Waals surface area (Å²) in [4.78, 5) is 11.2. The second-order valence-corrected chi connectivity index (χ2v) is 3.28. The van der Waals surface area contributed by atoms with Gasteiger partial charge in [0.15, 0.2) is 0 Å². The van der Waals surface area contributed by atoms with Crippen LogP contribution >= 0.6 is 0 Å². The molecule has 1 amide bonds. The summed E-state index contributed by atoms with van der Waals surface area (Å²) >= 11 is 0. The van der Waals surface area contributed by atoms with Crippen molar-refractivity contribution in [3.05, 3.63) is 35.9 Å². The first kappa shape index (κ1) is 8.87. The predicted molar refractivity (Wildman–Crippen MR) is 51.7 cm³/mol. The summed E-state index contributed by atoms with van der Waals surface area (Å²) in [6.07, 6.45) is 7.48. The molecule has 0 bridgehead atoms. The molecule has 0 saturated heterocycles. The number of ether oxygens (including phenoxy) is 1. The summed E-state index contributed by atoms with van der Waals surface area (Å²) < 4.78 is 5.02. The molecule has 3 N–H and O–H groups in total. The third-order valence-corrected chi connectivity index (χ3v) is 2.42. The van der Waals surface area contributed by atoms with Crippen LogP contribution in [-0.4, -0.2) is 12.5 Å². The van der Waals surface area contributed by atoms with Gasteiger partial charge in [0, 0.05) is 12.2 Å². The van der Waals surface area contributed by atoms with Gasteiger partial charge in [-0.25, -0.2) is 0 Å². The molecule has 4 heteroatoms. The fraction of sp³-hybridized carbons (Fsp3) is 0.300. The molecule has 0 spiro atoms. The lowest BCUT2D eigenvalue weighted by atomic mass is 9.90. The molecule has 0 radical (unpaired) electrons. The van der Waals surface area contributed by atoms with Crippen LogP contribution in [0.3, 0.4) is 0 Å². The molecule has 74 valence electrons. The Morgan fingerprint density at radius 3 is 3.07 bits per heavy atom. The number of rotatable bonds is 1. The van der Waals surface area contributed by atoms with Gasteiger partial charge in [0.2, 0.25) is 5.91 Å². The highest BCUT2D eigenvalue weighted by Gasteiger charge is 2.25. The number of primary amides is 1. The zero-order valence-corrected chi connectivity index (χ0v) is 7.69. The van der Waals surface area contributed by atoms with Crippen LogP contribution in [0.2, 0.25) is 0 Å². The molecule has 4 nitrogen and oxygen atoms in total. The van der Waals surface area contributed by atoms with Crippen molar-refractivity contribution in [1.82, 2.24) is 5.32 Å². The number of carbonyl (C=O) groups excluding carboxylic acids is 1. The molecule has 2 aliphatic heterocycles. The molecule has 0 aromatic rings. The van der Waals surface area contributed by atoms with E-state index in [2.05, 4.69) is 5.32 Å². The van der Waals surface area contributed by atoms with Crippen molar-refractivity contribution in [2.45, 2.75) is 6.42 Å². The van der Waals surface area contributed by atoms with Gasteiger partial charge in [0.05, 0.1) is 18.4 Å². The maximum Gasteiger partial charge on any atom is 0.225 e. The first-order chi connectivity index (χ1) is 6.79. The summed E-state index contributed by atoms with van der Waals surface area (Å²) in [5.41, 5.74) is 7.16. The quantitative estimate of drug-likeness (QED) is 0.631. The molecule has 1 unspecified atom stereocenters. The van der Waals surface area contributed by atoms with E-state index in [0.29, 0.717) is 0 Å². The smallest absolute Gasteiger partial charge is 0.225 e. The van der Waals surface area contributed by atoms with Crippen molar-refractivity contribution in [2.24, 2.45) is 11.7 Å². The molecule has 1 atom stereocenters. The Hall–Kier alpha value is -1.71. The highest BCUT2D eigenvalue weighted by molar-refractivity contribution is 5.81. The highest BCUT2D eigenvalue weighted by atomic mass is 16.5. The minimum absolute atomic E-state index is 0.200. The van der Waals surface area contributed by atoms with Gasteiger partial charge in [0.1, 0.15) is 0 Å². The van der Waals surface area contributed by atoms with Gasteiger partial charge in [0.25, 0.3) is 0 Å². The van der Waals surface area contributed by atoms with Crippen LogP contribution in [0, 0.1) is 5.92 Å². The molecule has 2 aliphatic rings. The van der Waals surface area contributed by atoms with E-state index >= 15 is 0 Å². The van der Waals surface area contributed by atoms with Crippen molar-refractivity contribution in [3.63, 3.8) is 0 Å². The van der Waals surface area contributed by atoms with Gasteiger partial charge >= 0.3 is 0 Å². The second kappa shape index (κ2) is 3.57. The lowest BCUT2D eigenvalue weighted by Crippen LogP contribution is -2.34. The zero-order chi connectivity index (χ0) is 9.97. The minimum Gasteiger partial charge on any atom is -0.473 e. The Morgan fingerprint density at radius 2 is 2.29 bits per heavy atom. The molecule has 2 heterocycles. The Balaban J connectivity index is 2.38. The normalized spacial score (nSPS) is 24.7. The number of amides is 1. The zero-order valence-electron chi connectivity index (χ0n) is 7.69. The van der Waals surface area contributed by atoms with E-state index in [4.69, 9.17) is 10.5 Å². The summed E-state index contributed by atoms with van der Waals surface area (Å²) in [5, 5.41) is 3.20. The third-order valence-electron chi connectivity index (χ3n) is 2.42. The van der Waals surface area contributed by atoms with Crippen LogP contribution in [-0.2, 0) is 9.53 Å². The number of allylic oxidation sites excluding steroid dienone is 2.